The van der Waals surface area contributed by atoms with Crippen molar-refractivity contribution in [1.82, 2.24) is 20.2 Å². The van der Waals surface area contributed by atoms with Crippen LogP contribution in [0.15, 0.2) is 42.7 Å². The maximum absolute atomic E-state index is 12.6. The Balaban J connectivity index is 1.67. The van der Waals surface area contributed by atoms with Gasteiger partial charge in [-0.05, 0) is 31.8 Å². The predicted octanol–water partition coefficient (Wildman–Crippen LogP) is 1.86. The molecule has 0 spiro atoms. The van der Waals surface area contributed by atoms with Gasteiger partial charge >= 0.3 is 0 Å². The fourth-order valence-electron chi connectivity index (χ4n) is 3.38. The van der Waals surface area contributed by atoms with Gasteiger partial charge < -0.3 is 15.1 Å². The number of rotatable bonds is 6. The van der Waals surface area contributed by atoms with Crippen LogP contribution in [-0.2, 0) is 11.2 Å². The molecule has 1 amide bonds. The highest BCUT2D eigenvalue weighted by Crippen LogP contribution is 2.22. The predicted molar refractivity (Wildman–Crippen MR) is 103 cm³/mol. The van der Waals surface area contributed by atoms with Crippen LogP contribution in [0, 0.1) is 5.92 Å². The molecule has 2 atom stereocenters. The number of nitrogens with zero attached hydrogens (tertiary/aromatic N) is 4. The third-order valence-corrected chi connectivity index (χ3v) is 4.90. The molecule has 2 aromatic rings. The van der Waals surface area contributed by atoms with E-state index in [9.17, 15) is 4.79 Å². The van der Waals surface area contributed by atoms with Crippen molar-refractivity contribution >= 4 is 23.5 Å². The van der Waals surface area contributed by atoms with Crippen LogP contribution in [0.1, 0.15) is 5.56 Å². The smallest absolute Gasteiger partial charge is 0.225 e. The summed E-state index contributed by atoms with van der Waals surface area (Å²) in [7, 11) is 4.09. The Morgan fingerprint density at radius 3 is 2.65 bits per heavy atom. The van der Waals surface area contributed by atoms with Crippen molar-refractivity contribution in [2.75, 3.05) is 38.6 Å². The lowest BCUT2D eigenvalue weighted by Crippen LogP contribution is -2.44. The zero-order valence-corrected chi connectivity index (χ0v) is 15.9. The van der Waals surface area contributed by atoms with Gasteiger partial charge in [0.25, 0.3) is 0 Å². The van der Waals surface area contributed by atoms with Crippen molar-refractivity contribution in [3.63, 3.8) is 0 Å². The van der Waals surface area contributed by atoms with E-state index < -0.39 is 0 Å². The fraction of sp³-hybridized carbons (Fsp3) is 0.421. The van der Waals surface area contributed by atoms with Crippen molar-refractivity contribution in [3.8, 4) is 0 Å². The molecule has 0 saturated carbocycles. The van der Waals surface area contributed by atoms with Crippen molar-refractivity contribution in [2.45, 2.75) is 12.5 Å². The zero-order chi connectivity index (χ0) is 18.5. The summed E-state index contributed by atoms with van der Waals surface area (Å²) < 4.78 is 0. The minimum Gasteiger partial charge on any atom is -0.351 e. The Morgan fingerprint density at radius 2 is 1.96 bits per heavy atom. The largest absolute Gasteiger partial charge is 0.351 e. The number of carbonyl (C=O) groups is 1. The summed E-state index contributed by atoms with van der Waals surface area (Å²) in [6.07, 6.45) is 3.77. The first-order valence-electron chi connectivity index (χ1n) is 8.72. The molecule has 3 rings (SSSR count). The maximum atomic E-state index is 12.6. The summed E-state index contributed by atoms with van der Waals surface area (Å²) >= 11 is 6.17. The number of hydrogen-bond donors (Lipinski definition) is 1. The van der Waals surface area contributed by atoms with Crippen molar-refractivity contribution in [3.05, 3.63) is 53.3 Å². The Bertz CT molecular complexity index is 740. The molecule has 1 aliphatic heterocycles. The van der Waals surface area contributed by atoms with Gasteiger partial charge in [-0.1, -0.05) is 29.8 Å². The molecular formula is C19H24ClN5O. The summed E-state index contributed by atoms with van der Waals surface area (Å²) in [4.78, 5) is 25.5. The van der Waals surface area contributed by atoms with Crippen LogP contribution in [0.4, 0.5) is 5.95 Å². The first-order valence-corrected chi connectivity index (χ1v) is 9.10. The number of benzene rings is 1. The number of nitrogens with one attached hydrogen (secondary N) is 1. The number of aromatic nitrogens is 2. The molecule has 0 unspecified atom stereocenters. The van der Waals surface area contributed by atoms with E-state index in [0.29, 0.717) is 23.4 Å². The molecule has 26 heavy (non-hydrogen) atoms. The van der Waals surface area contributed by atoms with E-state index in [1.165, 1.54) is 0 Å². The minimum atomic E-state index is -0.0114. The summed E-state index contributed by atoms with van der Waals surface area (Å²) in [5, 5.41) is 3.81. The SMILES string of the molecule is CN(C)C[C@@H]1CN(c2ncccn2)C[C@H]1NC(=O)Cc1ccccc1Cl. The molecule has 1 N–H and O–H groups in total. The molecule has 0 aliphatic carbocycles. The van der Waals surface area contributed by atoms with E-state index in [-0.39, 0.29) is 18.4 Å². The van der Waals surface area contributed by atoms with Crippen LogP contribution in [-0.4, -0.2) is 60.5 Å². The Labute approximate surface area is 159 Å². The average molecular weight is 374 g/mol. The lowest BCUT2D eigenvalue weighted by Gasteiger charge is -2.22. The van der Waals surface area contributed by atoms with Gasteiger partial charge in [0.15, 0.2) is 0 Å². The van der Waals surface area contributed by atoms with Crippen LogP contribution >= 0.6 is 11.6 Å². The second-order valence-electron chi connectivity index (χ2n) is 6.92. The van der Waals surface area contributed by atoms with E-state index in [0.717, 1.165) is 18.7 Å². The molecule has 1 aliphatic rings. The van der Waals surface area contributed by atoms with Gasteiger partial charge in [-0.25, -0.2) is 9.97 Å². The summed E-state index contributed by atoms with van der Waals surface area (Å²) in [6.45, 7) is 2.41. The highest BCUT2D eigenvalue weighted by atomic mass is 35.5. The molecule has 138 valence electrons. The number of halogens is 1. The molecule has 0 radical (unpaired) electrons. The van der Waals surface area contributed by atoms with Crippen molar-refractivity contribution in [1.29, 1.82) is 0 Å². The Hall–Kier alpha value is -2.18. The highest BCUT2D eigenvalue weighted by molar-refractivity contribution is 6.31. The number of carbonyl (C=O) groups excluding carboxylic acids is 1. The van der Waals surface area contributed by atoms with Crippen LogP contribution in [0.2, 0.25) is 5.02 Å². The first kappa shape index (κ1) is 18.6. The average Bonchev–Trinajstić information content (AvgIpc) is 2.99. The standard InChI is InChI=1S/C19H24ClN5O/c1-24(2)11-15-12-25(19-21-8-5-9-22-19)13-17(15)23-18(26)10-14-6-3-4-7-16(14)20/h3-9,15,17H,10-13H2,1-2H3,(H,23,26)/t15-,17-/m1/s1. The molecule has 1 aromatic carbocycles. The van der Waals surface area contributed by atoms with E-state index in [4.69, 9.17) is 11.6 Å². The molecule has 2 heterocycles. The lowest BCUT2D eigenvalue weighted by molar-refractivity contribution is -0.121. The molecule has 1 aromatic heterocycles. The molecule has 0 bridgehead atoms. The summed E-state index contributed by atoms with van der Waals surface area (Å²) in [6, 6.07) is 9.32. The fourth-order valence-corrected chi connectivity index (χ4v) is 3.58. The Kier molecular flexibility index (Phi) is 6.06. The quantitative estimate of drug-likeness (QED) is 0.837. The molecule has 7 heteroatoms. The minimum absolute atomic E-state index is 0.0114. The Morgan fingerprint density at radius 1 is 1.23 bits per heavy atom. The van der Waals surface area contributed by atoms with E-state index in [2.05, 4.69) is 25.1 Å². The van der Waals surface area contributed by atoms with E-state index >= 15 is 0 Å². The third kappa shape index (κ3) is 4.71. The van der Waals surface area contributed by atoms with Gasteiger partial charge in [0.2, 0.25) is 11.9 Å². The van der Waals surface area contributed by atoms with Crippen molar-refractivity contribution < 1.29 is 4.79 Å². The van der Waals surface area contributed by atoms with Crippen molar-refractivity contribution in [2.24, 2.45) is 5.92 Å². The van der Waals surface area contributed by atoms with E-state index in [1.54, 1.807) is 18.5 Å². The van der Waals surface area contributed by atoms with Gasteiger partial charge in [0.05, 0.1) is 12.5 Å². The molecular weight excluding hydrogens is 350 g/mol. The topological polar surface area (TPSA) is 61.4 Å². The first-order chi connectivity index (χ1) is 12.5. The van der Waals surface area contributed by atoms with Gasteiger partial charge in [0.1, 0.15) is 0 Å². The monoisotopic (exact) mass is 373 g/mol. The zero-order valence-electron chi connectivity index (χ0n) is 15.1. The van der Waals surface area contributed by atoms with Gasteiger partial charge in [-0.3, -0.25) is 4.79 Å². The van der Waals surface area contributed by atoms with Crippen LogP contribution < -0.4 is 10.2 Å². The number of hydrogen-bond acceptors (Lipinski definition) is 5. The summed E-state index contributed by atoms with van der Waals surface area (Å²) in [5.41, 5.74) is 0.845. The number of anilines is 1. The van der Waals surface area contributed by atoms with Crippen LogP contribution in [0.5, 0.6) is 0 Å². The normalized spacial score (nSPS) is 19.8. The van der Waals surface area contributed by atoms with E-state index in [1.807, 2.05) is 38.4 Å². The molecule has 1 fully saturated rings. The van der Waals surface area contributed by atoms with Crippen LogP contribution in [0.3, 0.4) is 0 Å². The van der Waals surface area contributed by atoms with Gasteiger partial charge in [-0.15, -0.1) is 0 Å². The second kappa shape index (κ2) is 8.47. The second-order valence-corrected chi connectivity index (χ2v) is 7.33. The third-order valence-electron chi connectivity index (χ3n) is 4.53. The van der Waals surface area contributed by atoms with Gasteiger partial charge in [0, 0.05) is 43.0 Å². The molecule has 1 saturated heterocycles. The molecule has 6 nitrogen and oxygen atoms in total. The maximum Gasteiger partial charge on any atom is 0.225 e. The number of amides is 1. The lowest BCUT2D eigenvalue weighted by atomic mass is 10.0. The van der Waals surface area contributed by atoms with Crippen LogP contribution in [0.25, 0.3) is 0 Å². The highest BCUT2D eigenvalue weighted by Gasteiger charge is 2.35. The summed E-state index contributed by atoms with van der Waals surface area (Å²) in [5.74, 6) is 1.01. The van der Waals surface area contributed by atoms with Gasteiger partial charge in [-0.2, -0.15) is 0 Å².